The number of unbranched alkanes of at least 4 members (excludes halogenated alkanes) is 1. The van der Waals surface area contributed by atoms with Gasteiger partial charge >= 0.3 is 0 Å². The van der Waals surface area contributed by atoms with Gasteiger partial charge in [-0.25, -0.2) is 0 Å². The first-order chi connectivity index (χ1) is 14.8. The molecule has 0 spiro atoms. The zero-order chi connectivity index (χ0) is 22.4. The Bertz CT molecular complexity index is 727. The SMILES string of the molecule is CCCCNC1/C(=C\c2cccc(CCCN(C)C)c2)CCC2C(C)C(O)CC[C@]12C. The van der Waals surface area contributed by atoms with Crippen LogP contribution in [0.1, 0.15) is 76.8 Å². The van der Waals surface area contributed by atoms with Crippen LogP contribution < -0.4 is 5.32 Å². The first kappa shape index (κ1) is 24.5. The molecular weight excluding hydrogens is 380 g/mol. The van der Waals surface area contributed by atoms with Crippen molar-refractivity contribution in [1.29, 1.82) is 0 Å². The van der Waals surface area contributed by atoms with Crippen molar-refractivity contribution in [2.24, 2.45) is 17.3 Å². The average molecular weight is 427 g/mol. The Kier molecular flexibility index (Phi) is 8.78. The highest BCUT2D eigenvalue weighted by atomic mass is 16.3. The zero-order valence-corrected chi connectivity index (χ0v) is 20.7. The highest BCUT2D eigenvalue weighted by Crippen LogP contribution is 2.54. The van der Waals surface area contributed by atoms with E-state index in [4.69, 9.17) is 0 Å². The maximum Gasteiger partial charge on any atom is 0.0568 e. The van der Waals surface area contributed by atoms with E-state index >= 15 is 0 Å². The van der Waals surface area contributed by atoms with Crippen LogP contribution in [0.2, 0.25) is 0 Å². The number of fused-ring (bicyclic) bond motifs is 1. The van der Waals surface area contributed by atoms with Crippen LogP contribution in [-0.4, -0.2) is 49.3 Å². The van der Waals surface area contributed by atoms with Crippen LogP contribution in [0.5, 0.6) is 0 Å². The van der Waals surface area contributed by atoms with Gasteiger partial charge in [0.25, 0.3) is 0 Å². The van der Waals surface area contributed by atoms with Gasteiger partial charge in [0.05, 0.1) is 6.10 Å². The summed E-state index contributed by atoms with van der Waals surface area (Å²) in [4.78, 5) is 2.26. The lowest BCUT2D eigenvalue weighted by molar-refractivity contribution is -0.0587. The van der Waals surface area contributed by atoms with Crippen molar-refractivity contribution in [3.8, 4) is 0 Å². The standard InChI is InChI=1S/C28H46N2O/c1-6-7-17-29-27-24(13-14-25-21(2)26(31)15-16-28(25,27)3)20-23-11-8-10-22(19-23)12-9-18-30(4)5/h8,10-11,19-21,25-27,29,31H,6-7,9,12-18H2,1-5H3/b24-20-/t21?,25?,26?,27?,28-/m0/s1. The van der Waals surface area contributed by atoms with Gasteiger partial charge in [-0.3, -0.25) is 0 Å². The minimum atomic E-state index is -0.126. The second-order valence-corrected chi connectivity index (χ2v) is 10.7. The summed E-state index contributed by atoms with van der Waals surface area (Å²) in [6.45, 7) is 9.27. The van der Waals surface area contributed by atoms with Gasteiger partial charge in [0.2, 0.25) is 0 Å². The molecule has 1 aromatic carbocycles. The lowest BCUT2D eigenvalue weighted by atomic mass is 9.53. The fourth-order valence-corrected chi connectivity index (χ4v) is 6.21. The predicted octanol–water partition coefficient (Wildman–Crippen LogP) is 5.53. The van der Waals surface area contributed by atoms with Gasteiger partial charge in [-0.15, -0.1) is 0 Å². The lowest BCUT2D eigenvalue weighted by Crippen LogP contribution is -2.57. The maximum atomic E-state index is 10.5. The Labute approximate surface area is 191 Å². The molecule has 0 saturated heterocycles. The molecule has 0 aliphatic heterocycles. The summed E-state index contributed by atoms with van der Waals surface area (Å²) >= 11 is 0. The quantitative estimate of drug-likeness (QED) is 0.510. The number of hydrogen-bond donors (Lipinski definition) is 2. The van der Waals surface area contributed by atoms with Crippen molar-refractivity contribution in [2.45, 2.75) is 84.3 Å². The number of nitrogens with zero attached hydrogens (tertiary/aromatic N) is 1. The number of hydrogen-bond acceptors (Lipinski definition) is 3. The fraction of sp³-hybridized carbons (Fsp3) is 0.714. The molecule has 2 N–H and O–H groups in total. The number of aliphatic hydroxyl groups excluding tert-OH is 1. The van der Waals surface area contributed by atoms with E-state index in [0.29, 0.717) is 17.9 Å². The smallest absolute Gasteiger partial charge is 0.0568 e. The van der Waals surface area contributed by atoms with Gasteiger partial charge in [-0.2, -0.15) is 0 Å². The first-order valence-corrected chi connectivity index (χ1v) is 12.7. The summed E-state index contributed by atoms with van der Waals surface area (Å²) in [5.74, 6) is 1.00. The largest absolute Gasteiger partial charge is 0.393 e. The molecule has 2 aliphatic carbocycles. The molecule has 174 valence electrons. The second kappa shape index (κ2) is 11.1. The summed E-state index contributed by atoms with van der Waals surface area (Å²) in [6, 6.07) is 9.59. The van der Waals surface area contributed by atoms with E-state index in [1.165, 1.54) is 36.8 Å². The van der Waals surface area contributed by atoms with Gasteiger partial charge in [0, 0.05) is 6.04 Å². The molecule has 0 radical (unpaired) electrons. The van der Waals surface area contributed by atoms with Crippen LogP contribution in [0.3, 0.4) is 0 Å². The highest BCUT2D eigenvalue weighted by Gasteiger charge is 2.51. The second-order valence-electron chi connectivity index (χ2n) is 10.7. The van der Waals surface area contributed by atoms with E-state index in [1.54, 1.807) is 5.57 Å². The number of nitrogens with one attached hydrogen (secondary N) is 1. The minimum Gasteiger partial charge on any atom is -0.393 e. The molecule has 4 unspecified atom stereocenters. The topological polar surface area (TPSA) is 35.5 Å². The molecule has 3 nitrogen and oxygen atoms in total. The van der Waals surface area contributed by atoms with Gasteiger partial charge in [0.1, 0.15) is 0 Å². The van der Waals surface area contributed by atoms with E-state index in [-0.39, 0.29) is 11.5 Å². The molecule has 0 bridgehead atoms. The first-order valence-electron chi connectivity index (χ1n) is 12.7. The van der Waals surface area contributed by atoms with Gasteiger partial charge < -0.3 is 15.3 Å². The molecule has 3 rings (SSSR count). The predicted molar refractivity (Wildman–Crippen MR) is 133 cm³/mol. The van der Waals surface area contributed by atoms with Crippen LogP contribution in [0.15, 0.2) is 29.8 Å². The Morgan fingerprint density at radius 2 is 2.03 bits per heavy atom. The molecule has 0 amide bonds. The monoisotopic (exact) mass is 426 g/mol. The summed E-state index contributed by atoms with van der Waals surface area (Å²) < 4.78 is 0. The normalized spacial score (nSPS) is 32.4. The molecular formula is C28H46N2O. The van der Waals surface area contributed by atoms with Crippen LogP contribution in [0, 0.1) is 17.3 Å². The van der Waals surface area contributed by atoms with Crippen molar-refractivity contribution in [3.05, 3.63) is 41.0 Å². The number of benzene rings is 1. The number of aryl methyl sites for hydroxylation is 1. The average Bonchev–Trinajstić information content (AvgIpc) is 2.73. The minimum absolute atomic E-state index is 0.126. The fourth-order valence-electron chi connectivity index (χ4n) is 6.21. The third kappa shape index (κ3) is 6.00. The molecule has 31 heavy (non-hydrogen) atoms. The van der Waals surface area contributed by atoms with Crippen molar-refractivity contribution in [1.82, 2.24) is 10.2 Å². The van der Waals surface area contributed by atoms with E-state index in [9.17, 15) is 5.11 Å². The molecule has 2 aliphatic rings. The van der Waals surface area contributed by atoms with Gasteiger partial charge in [0.15, 0.2) is 0 Å². The molecule has 1 aromatic rings. The van der Waals surface area contributed by atoms with Gasteiger partial charge in [-0.05, 0) is 101 Å². The van der Waals surface area contributed by atoms with Crippen molar-refractivity contribution >= 4 is 6.08 Å². The van der Waals surface area contributed by atoms with E-state index < -0.39 is 0 Å². The van der Waals surface area contributed by atoms with E-state index in [1.807, 2.05) is 0 Å². The Balaban J connectivity index is 1.82. The van der Waals surface area contributed by atoms with E-state index in [2.05, 4.69) is 75.4 Å². The van der Waals surface area contributed by atoms with Gasteiger partial charge in [-0.1, -0.05) is 63.1 Å². The summed E-state index contributed by atoms with van der Waals surface area (Å²) in [7, 11) is 4.29. The Hall–Kier alpha value is -1.16. The number of rotatable bonds is 9. The maximum absolute atomic E-state index is 10.5. The Morgan fingerprint density at radius 3 is 2.77 bits per heavy atom. The van der Waals surface area contributed by atoms with Crippen LogP contribution in [0.4, 0.5) is 0 Å². The summed E-state index contributed by atoms with van der Waals surface area (Å²) in [5.41, 5.74) is 4.61. The van der Waals surface area contributed by atoms with Crippen molar-refractivity contribution in [3.63, 3.8) is 0 Å². The number of aliphatic hydroxyl groups is 1. The van der Waals surface area contributed by atoms with Crippen molar-refractivity contribution < 1.29 is 5.11 Å². The molecule has 5 atom stereocenters. The lowest BCUT2D eigenvalue weighted by Gasteiger charge is -2.55. The zero-order valence-electron chi connectivity index (χ0n) is 20.7. The molecule has 0 aromatic heterocycles. The van der Waals surface area contributed by atoms with Crippen LogP contribution in [0.25, 0.3) is 6.08 Å². The highest BCUT2D eigenvalue weighted by molar-refractivity contribution is 5.56. The molecule has 3 heteroatoms. The van der Waals surface area contributed by atoms with Crippen LogP contribution in [-0.2, 0) is 6.42 Å². The van der Waals surface area contributed by atoms with Crippen molar-refractivity contribution in [2.75, 3.05) is 27.2 Å². The summed E-state index contributed by atoms with van der Waals surface area (Å²) in [6.07, 6.45) is 11.6. The van der Waals surface area contributed by atoms with Crippen LogP contribution >= 0.6 is 0 Å². The molecule has 0 heterocycles. The third-order valence-corrected chi connectivity index (χ3v) is 8.09. The molecule has 2 fully saturated rings. The summed E-state index contributed by atoms with van der Waals surface area (Å²) in [5, 5.41) is 14.5. The third-order valence-electron chi connectivity index (χ3n) is 8.09. The Morgan fingerprint density at radius 1 is 1.23 bits per heavy atom. The van der Waals surface area contributed by atoms with E-state index in [0.717, 1.165) is 38.8 Å². The molecule has 2 saturated carbocycles.